The van der Waals surface area contributed by atoms with Crippen molar-refractivity contribution in [3.05, 3.63) is 40.7 Å². The molecule has 1 fully saturated rings. The molecule has 1 saturated heterocycles. The molecule has 2 aromatic heterocycles. The number of carbonyl (C=O) groups excluding carboxylic acids is 1. The van der Waals surface area contributed by atoms with Gasteiger partial charge in [0.15, 0.2) is 20.0 Å². The van der Waals surface area contributed by atoms with Gasteiger partial charge in [-0.25, -0.2) is 14.8 Å². The van der Waals surface area contributed by atoms with Crippen molar-refractivity contribution in [3.63, 3.8) is 0 Å². The van der Waals surface area contributed by atoms with Crippen molar-refractivity contribution in [3.8, 4) is 28.4 Å². The molecule has 1 aromatic carbocycles. The summed E-state index contributed by atoms with van der Waals surface area (Å²) in [6, 6.07) is 7.93. The molecule has 1 N–H and O–H groups in total. The Hall–Kier alpha value is -3.19. The molecule has 3 heterocycles. The van der Waals surface area contributed by atoms with Crippen molar-refractivity contribution in [1.82, 2.24) is 20.4 Å². The Balaban J connectivity index is 1.61. The lowest BCUT2D eigenvalue weighted by Gasteiger charge is -2.39. The summed E-state index contributed by atoms with van der Waals surface area (Å²) in [5.41, 5.74) is 2.42. The molecule has 11 nitrogen and oxygen atoms in total. The molecule has 0 bridgehead atoms. The number of amides is 1. The number of nitrogens with one attached hydrogen (secondary N) is 1. The minimum absolute atomic E-state index is 0.00397. The van der Waals surface area contributed by atoms with E-state index in [9.17, 15) is 4.79 Å². The molecule has 4 rings (SSSR count). The molecule has 0 radical (unpaired) electrons. The summed E-state index contributed by atoms with van der Waals surface area (Å²) in [4.78, 5) is 24.4. The van der Waals surface area contributed by atoms with Crippen LogP contribution in [0, 0.1) is 13.8 Å². The summed E-state index contributed by atoms with van der Waals surface area (Å²) >= 11 is 7.07. The summed E-state index contributed by atoms with van der Waals surface area (Å²) in [6.07, 6.45) is 1.51. The lowest BCUT2D eigenvalue weighted by Crippen LogP contribution is -2.46. The number of alkyl carbamates (subject to hydrolysis) is 1. The van der Waals surface area contributed by atoms with Crippen molar-refractivity contribution in [2.45, 2.75) is 110 Å². The largest absolute Gasteiger partial charge is 0.491 e. The Morgan fingerprint density at radius 1 is 1.12 bits per heavy atom. The van der Waals surface area contributed by atoms with Crippen LogP contribution < -0.4 is 15.0 Å². The summed E-state index contributed by atoms with van der Waals surface area (Å²) in [5.74, 6) is 2.42. The van der Waals surface area contributed by atoms with Crippen LogP contribution in [0.3, 0.4) is 0 Å². The predicted octanol–water partition coefficient (Wildman–Crippen LogP) is 8.37. The number of ether oxygens (including phenoxy) is 3. The van der Waals surface area contributed by atoms with Crippen LogP contribution in [0.4, 0.5) is 10.6 Å². The summed E-state index contributed by atoms with van der Waals surface area (Å²) in [6.45, 7) is 22.4. The van der Waals surface area contributed by atoms with Crippen LogP contribution in [0.15, 0.2) is 28.8 Å². The summed E-state index contributed by atoms with van der Waals surface area (Å²) in [7, 11) is -0.141. The van der Waals surface area contributed by atoms with Gasteiger partial charge in [-0.2, -0.15) is 0 Å². The molecule has 13 heteroatoms. The van der Waals surface area contributed by atoms with Gasteiger partial charge in [-0.15, -0.1) is 0 Å². The maximum atomic E-state index is 12.3. The van der Waals surface area contributed by atoms with E-state index in [1.807, 2.05) is 65.9 Å². The van der Waals surface area contributed by atoms with E-state index in [1.165, 1.54) is 0 Å². The predicted molar refractivity (Wildman–Crippen MR) is 196 cm³/mol. The van der Waals surface area contributed by atoms with Gasteiger partial charge in [0.05, 0.1) is 24.0 Å². The SMILES string of the molecule is Cc1noc(C)c1-c1nc(-c2cccc(OCC(CCOC(=O)NC(C)(C)C)O[Si](C)(C)C(C)(C)C)c2)nc(N(C)C2CCOCC2)c1Cl. The number of nitrogens with zero attached hydrogens (tertiary/aromatic N) is 4. The van der Waals surface area contributed by atoms with Crippen molar-refractivity contribution >= 4 is 31.8 Å². The van der Waals surface area contributed by atoms with Crippen molar-refractivity contribution < 1.29 is 28.0 Å². The smallest absolute Gasteiger partial charge is 0.407 e. The number of carbonyl (C=O) groups is 1. The molecule has 0 spiro atoms. The maximum absolute atomic E-state index is 12.3. The molecule has 3 aromatic rings. The van der Waals surface area contributed by atoms with Crippen LogP contribution in [0.25, 0.3) is 22.6 Å². The first-order valence-electron chi connectivity index (χ1n) is 17.0. The average molecular weight is 716 g/mol. The molecule has 1 atom stereocenters. The first-order valence-corrected chi connectivity index (χ1v) is 20.3. The quantitative estimate of drug-likeness (QED) is 0.183. The van der Waals surface area contributed by atoms with E-state index in [0.29, 0.717) is 59.2 Å². The fraction of sp³-hybridized carbons (Fsp3) is 0.611. The lowest BCUT2D eigenvalue weighted by atomic mass is 10.1. The van der Waals surface area contributed by atoms with Gasteiger partial charge in [0.2, 0.25) is 0 Å². The summed E-state index contributed by atoms with van der Waals surface area (Å²) < 4.78 is 29.7. The summed E-state index contributed by atoms with van der Waals surface area (Å²) in [5, 5.41) is 7.44. The number of hydrogen-bond acceptors (Lipinski definition) is 10. The lowest BCUT2D eigenvalue weighted by molar-refractivity contribution is 0.0766. The van der Waals surface area contributed by atoms with E-state index >= 15 is 0 Å². The molecule has 270 valence electrons. The van der Waals surface area contributed by atoms with Crippen LogP contribution >= 0.6 is 11.6 Å². The maximum Gasteiger partial charge on any atom is 0.407 e. The number of benzene rings is 1. The van der Waals surface area contributed by atoms with Crippen LogP contribution in [0.1, 0.15) is 72.3 Å². The van der Waals surface area contributed by atoms with Crippen molar-refractivity contribution in [2.24, 2.45) is 0 Å². The molecule has 0 aliphatic carbocycles. The zero-order chi connectivity index (χ0) is 36.1. The fourth-order valence-electron chi connectivity index (χ4n) is 5.34. The van der Waals surface area contributed by atoms with Gasteiger partial charge < -0.3 is 33.4 Å². The third-order valence-electron chi connectivity index (χ3n) is 9.12. The van der Waals surface area contributed by atoms with Crippen molar-refractivity contribution in [2.75, 3.05) is 38.4 Å². The Morgan fingerprint density at radius 3 is 2.43 bits per heavy atom. The second-order valence-electron chi connectivity index (χ2n) is 15.3. The number of rotatable bonds is 12. The van der Waals surface area contributed by atoms with Gasteiger partial charge in [-0.1, -0.05) is 49.7 Å². The number of hydrogen-bond donors (Lipinski definition) is 1. The van der Waals surface area contributed by atoms with E-state index in [2.05, 4.69) is 49.2 Å². The average Bonchev–Trinajstić information content (AvgIpc) is 3.35. The molecule has 1 aliphatic heterocycles. The first-order chi connectivity index (χ1) is 22.9. The highest BCUT2D eigenvalue weighted by atomic mass is 35.5. The molecular formula is C36H54ClN5O6Si. The Labute approximate surface area is 297 Å². The highest BCUT2D eigenvalue weighted by Gasteiger charge is 2.39. The molecule has 1 unspecified atom stereocenters. The van der Waals surface area contributed by atoms with E-state index in [-0.39, 0.29) is 35.9 Å². The number of halogens is 1. The van der Waals surface area contributed by atoms with Crippen molar-refractivity contribution in [1.29, 1.82) is 0 Å². The van der Waals surface area contributed by atoms with Crippen LogP contribution in [0.2, 0.25) is 23.2 Å². The van der Waals surface area contributed by atoms with Crippen LogP contribution in [-0.4, -0.2) is 80.7 Å². The van der Waals surface area contributed by atoms with Gasteiger partial charge in [-0.3, -0.25) is 0 Å². The fourth-order valence-corrected chi connectivity index (χ4v) is 7.02. The van der Waals surface area contributed by atoms with Gasteiger partial charge >= 0.3 is 6.09 Å². The zero-order valence-electron chi connectivity index (χ0n) is 31.0. The highest BCUT2D eigenvalue weighted by molar-refractivity contribution is 6.74. The Kier molecular flexibility index (Phi) is 12.4. The van der Waals surface area contributed by atoms with E-state index in [1.54, 1.807) is 0 Å². The third-order valence-corrected chi connectivity index (χ3v) is 14.0. The Bertz CT molecular complexity index is 1560. The normalized spacial score (nSPS) is 15.2. The molecule has 1 amide bonds. The minimum atomic E-state index is -2.16. The zero-order valence-corrected chi connectivity index (χ0v) is 32.8. The number of anilines is 1. The highest BCUT2D eigenvalue weighted by Crippen LogP contribution is 2.40. The molecule has 1 aliphatic rings. The van der Waals surface area contributed by atoms with Crippen LogP contribution in [0.5, 0.6) is 5.75 Å². The second kappa shape index (κ2) is 15.8. The van der Waals surface area contributed by atoms with Gasteiger partial charge in [0, 0.05) is 43.8 Å². The standard InChI is InChI=1S/C36H54ClN5O6Si/c1-23-29(24(2)47-41-23)31-30(37)33(42(9)26-15-18-44-19-16-26)39-32(38-31)25-13-12-14-27(21-25)46-22-28(48-49(10,11)36(6,7)8)17-20-45-34(43)40-35(3,4)5/h12-14,21,26,28H,15-20,22H2,1-11H3,(H,40,43). The van der Waals surface area contributed by atoms with Gasteiger partial charge in [-0.05, 0) is 77.7 Å². The topological polar surface area (TPSA) is 121 Å². The molecule has 49 heavy (non-hydrogen) atoms. The third kappa shape index (κ3) is 10.2. The number of aryl methyl sites for hydroxylation is 2. The van der Waals surface area contributed by atoms with Gasteiger partial charge in [0.25, 0.3) is 0 Å². The van der Waals surface area contributed by atoms with E-state index < -0.39 is 14.4 Å². The molecule has 0 saturated carbocycles. The monoisotopic (exact) mass is 715 g/mol. The molecular weight excluding hydrogens is 662 g/mol. The second-order valence-corrected chi connectivity index (χ2v) is 20.5. The van der Waals surface area contributed by atoms with Crippen LogP contribution in [-0.2, 0) is 13.9 Å². The van der Waals surface area contributed by atoms with E-state index in [0.717, 1.165) is 24.0 Å². The van der Waals surface area contributed by atoms with Gasteiger partial charge in [0.1, 0.15) is 28.8 Å². The minimum Gasteiger partial charge on any atom is -0.491 e. The van der Waals surface area contributed by atoms with E-state index in [4.69, 9.17) is 44.7 Å². The number of aromatic nitrogens is 3. The first kappa shape index (κ1) is 38.6. The Morgan fingerprint density at radius 2 is 1.82 bits per heavy atom.